The smallest absolute Gasteiger partial charge is 0.00199 e. The Morgan fingerprint density at radius 3 is 1.47 bits per heavy atom. The SMILES string of the molecule is Cc1cc2c(cc3c4ccccc4c4cccc2c43)c2cc3c(cc12)c1ccc(C)c2cccc3c21. The summed E-state index contributed by atoms with van der Waals surface area (Å²) in [4.78, 5) is 0. The van der Waals surface area contributed by atoms with Gasteiger partial charge in [-0.15, -0.1) is 0 Å². The molecule has 0 unspecified atom stereocenters. The van der Waals surface area contributed by atoms with Gasteiger partial charge in [0.2, 0.25) is 0 Å². The predicted molar refractivity (Wildman–Crippen MR) is 158 cm³/mol. The Bertz CT molecular complexity index is 2370. The van der Waals surface area contributed by atoms with Crippen molar-refractivity contribution in [1.29, 1.82) is 0 Å². The molecule has 0 aliphatic rings. The van der Waals surface area contributed by atoms with Crippen LogP contribution in [0.3, 0.4) is 0 Å². The van der Waals surface area contributed by atoms with Crippen LogP contribution in [0.2, 0.25) is 0 Å². The number of benzene rings is 7. The summed E-state index contributed by atoms with van der Waals surface area (Å²) >= 11 is 0. The molecule has 0 amide bonds. The lowest BCUT2D eigenvalue weighted by Gasteiger charge is -2.12. The Balaban J connectivity index is 1.56. The van der Waals surface area contributed by atoms with Gasteiger partial charge in [0.15, 0.2) is 0 Å². The van der Waals surface area contributed by atoms with Crippen LogP contribution in [0.5, 0.6) is 0 Å². The van der Waals surface area contributed by atoms with Gasteiger partial charge < -0.3 is 0 Å². The summed E-state index contributed by atoms with van der Waals surface area (Å²) in [7, 11) is 0. The zero-order valence-corrected chi connectivity index (χ0v) is 20.2. The van der Waals surface area contributed by atoms with Crippen molar-refractivity contribution >= 4 is 86.2 Å². The molecule has 36 heavy (non-hydrogen) atoms. The molecule has 166 valence electrons. The Kier molecular flexibility index (Phi) is 3.26. The number of hydrogen-bond acceptors (Lipinski definition) is 0. The molecule has 0 heterocycles. The van der Waals surface area contributed by atoms with Gasteiger partial charge in [-0.05, 0) is 129 Å². The van der Waals surface area contributed by atoms with Gasteiger partial charge in [-0.2, -0.15) is 0 Å². The van der Waals surface area contributed by atoms with Crippen LogP contribution in [0.1, 0.15) is 11.1 Å². The molecule has 0 radical (unpaired) electrons. The third kappa shape index (κ3) is 2.09. The van der Waals surface area contributed by atoms with Gasteiger partial charge in [-0.3, -0.25) is 0 Å². The van der Waals surface area contributed by atoms with Crippen LogP contribution in [-0.4, -0.2) is 0 Å². The van der Waals surface area contributed by atoms with E-state index in [1.807, 2.05) is 0 Å². The summed E-state index contributed by atoms with van der Waals surface area (Å²) in [5.41, 5.74) is 2.69. The molecule has 0 saturated heterocycles. The van der Waals surface area contributed by atoms with E-state index in [-0.39, 0.29) is 0 Å². The van der Waals surface area contributed by atoms with E-state index >= 15 is 0 Å². The first-order valence-electron chi connectivity index (χ1n) is 12.8. The first kappa shape index (κ1) is 18.9. The molecule has 0 fully saturated rings. The normalized spacial score (nSPS) is 12.7. The number of hydrogen-bond donors (Lipinski definition) is 0. The van der Waals surface area contributed by atoms with E-state index in [9.17, 15) is 0 Å². The lowest BCUT2D eigenvalue weighted by atomic mass is 9.91. The second-order valence-corrected chi connectivity index (χ2v) is 10.6. The minimum Gasteiger partial charge on any atom is -0.0616 e. The van der Waals surface area contributed by atoms with E-state index in [1.165, 1.54) is 97.3 Å². The van der Waals surface area contributed by atoms with Crippen LogP contribution in [0.4, 0.5) is 0 Å². The lowest BCUT2D eigenvalue weighted by Crippen LogP contribution is -1.85. The second-order valence-electron chi connectivity index (χ2n) is 10.6. The van der Waals surface area contributed by atoms with E-state index < -0.39 is 0 Å². The second kappa shape index (κ2) is 6.22. The van der Waals surface area contributed by atoms with Gasteiger partial charge in [0.1, 0.15) is 0 Å². The fourth-order valence-electron chi connectivity index (χ4n) is 7.16. The minimum absolute atomic E-state index is 1.34. The highest BCUT2D eigenvalue weighted by atomic mass is 14.2. The van der Waals surface area contributed by atoms with Crippen LogP contribution in [0.15, 0.2) is 97.1 Å². The molecule has 0 aliphatic heterocycles. The summed E-state index contributed by atoms with van der Waals surface area (Å²) < 4.78 is 0. The first-order chi connectivity index (χ1) is 17.7. The van der Waals surface area contributed by atoms with E-state index in [2.05, 4.69) is 111 Å². The molecule has 0 aliphatic carbocycles. The van der Waals surface area contributed by atoms with E-state index in [0.29, 0.717) is 0 Å². The zero-order chi connectivity index (χ0) is 23.7. The average molecular weight is 455 g/mol. The third-order valence-electron chi connectivity index (χ3n) is 8.78. The summed E-state index contributed by atoms with van der Waals surface area (Å²) in [6.07, 6.45) is 0. The molecular weight excluding hydrogens is 432 g/mol. The van der Waals surface area contributed by atoms with E-state index in [1.54, 1.807) is 0 Å². The third-order valence-corrected chi connectivity index (χ3v) is 8.78. The van der Waals surface area contributed by atoms with E-state index in [4.69, 9.17) is 0 Å². The molecule has 0 atom stereocenters. The van der Waals surface area contributed by atoms with Crippen molar-refractivity contribution in [2.75, 3.05) is 0 Å². The van der Waals surface area contributed by atoms with E-state index in [0.717, 1.165) is 0 Å². The zero-order valence-electron chi connectivity index (χ0n) is 20.2. The highest BCUT2D eigenvalue weighted by Crippen LogP contribution is 2.46. The minimum atomic E-state index is 1.34. The first-order valence-corrected chi connectivity index (χ1v) is 12.8. The van der Waals surface area contributed by atoms with Crippen molar-refractivity contribution in [3.63, 3.8) is 0 Å². The quantitative estimate of drug-likeness (QED) is 0.200. The molecule has 9 aromatic rings. The topological polar surface area (TPSA) is 0 Å². The molecule has 0 nitrogen and oxygen atoms in total. The van der Waals surface area contributed by atoms with Crippen LogP contribution < -0.4 is 0 Å². The van der Waals surface area contributed by atoms with Crippen molar-refractivity contribution in [3.05, 3.63) is 108 Å². The molecule has 0 aromatic heterocycles. The van der Waals surface area contributed by atoms with Gasteiger partial charge in [-0.25, -0.2) is 0 Å². The molecule has 0 saturated carbocycles. The van der Waals surface area contributed by atoms with Gasteiger partial charge in [0.05, 0.1) is 0 Å². The summed E-state index contributed by atoms with van der Waals surface area (Å²) in [5, 5.41) is 21.9. The highest BCUT2D eigenvalue weighted by Gasteiger charge is 2.18. The maximum atomic E-state index is 2.48. The molecule has 0 N–H and O–H groups in total. The van der Waals surface area contributed by atoms with Gasteiger partial charge in [0, 0.05) is 0 Å². The Hall–Kier alpha value is -4.42. The standard InChI is InChI=1S/C36H22/c1-19-13-14-27-30-16-28-20(2)15-29-25-12-6-10-24-22-7-3-4-8-23(22)34(36(24)25)18-33(29)32(28)17-31(30)26-11-5-9-21(19)35(26)27/h3-18H,1-2H3. The average Bonchev–Trinajstić information content (AvgIpc) is 3.41. The van der Waals surface area contributed by atoms with Crippen molar-refractivity contribution < 1.29 is 0 Å². The van der Waals surface area contributed by atoms with Crippen LogP contribution in [0.25, 0.3) is 86.2 Å². The lowest BCUT2D eigenvalue weighted by molar-refractivity contribution is 1.55. The number of rotatable bonds is 0. The number of fused-ring (bicyclic) bond motifs is 10. The Morgan fingerprint density at radius 2 is 0.722 bits per heavy atom. The predicted octanol–water partition coefficient (Wildman–Crippen LogP) is 10.4. The number of aryl methyl sites for hydroxylation is 2. The van der Waals surface area contributed by atoms with Gasteiger partial charge >= 0.3 is 0 Å². The summed E-state index contributed by atoms with van der Waals surface area (Å²) in [6, 6.07) is 36.9. The van der Waals surface area contributed by atoms with Crippen molar-refractivity contribution in [2.24, 2.45) is 0 Å². The van der Waals surface area contributed by atoms with Crippen LogP contribution >= 0.6 is 0 Å². The molecular formula is C36H22. The van der Waals surface area contributed by atoms with Gasteiger partial charge in [-0.1, -0.05) is 78.9 Å². The fourth-order valence-corrected chi connectivity index (χ4v) is 7.16. The van der Waals surface area contributed by atoms with Crippen LogP contribution in [-0.2, 0) is 0 Å². The molecule has 0 bridgehead atoms. The maximum Gasteiger partial charge on any atom is -0.00199 e. The monoisotopic (exact) mass is 454 g/mol. The molecule has 9 aromatic carbocycles. The Labute approximate surface area is 208 Å². The highest BCUT2D eigenvalue weighted by molar-refractivity contribution is 6.38. The fraction of sp³-hybridized carbons (Fsp3) is 0.0556. The molecule has 0 heteroatoms. The van der Waals surface area contributed by atoms with Crippen molar-refractivity contribution in [3.8, 4) is 0 Å². The molecule has 0 spiro atoms. The summed E-state index contributed by atoms with van der Waals surface area (Å²) in [6.45, 7) is 4.50. The van der Waals surface area contributed by atoms with Crippen molar-refractivity contribution in [1.82, 2.24) is 0 Å². The Morgan fingerprint density at radius 1 is 0.278 bits per heavy atom. The van der Waals surface area contributed by atoms with Crippen LogP contribution in [0, 0.1) is 13.8 Å². The largest absolute Gasteiger partial charge is 0.0616 e. The van der Waals surface area contributed by atoms with Crippen molar-refractivity contribution in [2.45, 2.75) is 13.8 Å². The summed E-state index contributed by atoms with van der Waals surface area (Å²) in [5.74, 6) is 0. The maximum absolute atomic E-state index is 2.48. The van der Waals surface area contributed by atoms with Gasteiger partial charge in [0.25, 0.3) is 0 Å². The molecule has 9 rings (SSSR count).